The lowest BCUT2D eigenvalue weighted by molar-refractivity contribution is -0.119. The van der Waals surface area contributed by atoms with Crippen LogP contribution in [-0.2, 0) is 4.79 Å². The Kier molecular flexibility index (Phi) is 5.09. The van der Waals surface area contributed by atoms with Crippen LogP contribution in [0.1, 0.15) is 46.2 Å². The van der Waals surface area contributed by atoms with Crippen molar-refractivity contribution < 1.29 is 9.53 Å². The molecule has 2 rings (SSSR count). The van der Waals surface area contributed by atoms with Gasteiger partial charge in [0.25, 0.3) is 0 Å². The summed E-state index contributed by atoms with van der Waals surface area (Å²) in [6.07, 6.45) is 0. The molecule has 0 bridgehead atoms. The molecule has 3 nitrogen and oxygen atoms in total. The molecule has 2 aromatic rings. The van der Waals surface area contributed by atoms with Gasteiger partial charge in [-0.15, -0.1) is 0 Å². The van der Waals surface area contributed by atoms with Gasteiger partial charge in [-0.25, -0.2) is 0 Å². The summed E-state index contributed by atoms with van der Waals surface area (Å²) in [5.41, 5.74) is 3.19. The summed E-state index contributed by atoms with van der Waals surface area (Å²) in [6, 6.07) is 16.4. The van der Waals surface area contributed by atoms with Crippen LogP contribution in [0.15, 0.2) is 48.5 Å². The van der Waals surface area contributed by atoms with Gasteiger partial charge < -0.3 is 10.1 Å². The van der Waals surface area contributed by atoms with Crippen molar-refractivity contribution >= 4 is 5.91 Å². The molecule has 0 fully saturated rings. The fourth-order valence-corrected chi connectivity index (χ4v) is 2.42. The Morgan fingerprint density at radius 3 is 1.87 bits per heavy atom. The number of hydrogen-bond donors (Lipinski definition) is 1. The third-order valence-corrected chi connectivity index (χ3v) is 3.44. The van der Waals surface area contributed by atoms with E-state index in [1.165, 1.54) is 6.92 Å². The molecule has 0 heterocycles. The van der Waals surface area contributed by atoms with Crippen LogP contribution in [0.5, 0.6) is 5.75 Å². The quantitative estimate of drug-likeness (QED) is 0.886. The first-order valence-electron chi connectivity index (χ1n) is 7.91. The molecule has 122 valence electrons. The lowest BCUT2D eigenvalue weighted by Gasteiger charge is -2.21. The van der Waals surface area contributed by atoms with E-state index in [9.17, 15) is 4.79 Å². The maximum atomic E-state index is 11.1. The van der Waals surface area contributed by atoms with Gasteiger partial charge in [0.15, 0.2) is 0 Å². The van der Waals surface area contributed by atoms with Crippen molar-refractivity contribution in [3.8, 4) is 16.9 Å². The summed E-state index contributed by atoms with van der Waals surface area (Å²) in [4.78, 5) is 11.1. The van der Waals surface area contributed by atoms with Crippen molar-refractivity contribution in [2.45, 2.75) is 46.3 Å². The fraction of sp³-hybridized carbons (Fsp3) is 0.350. The van der Waals surface area contributed by atoms with Crippen molar-refractivity contribution in [2.75, 3.05) is 0 Å². The van der Waals surface area contributed by atoms with Crippen molar-refractivity contribution in [3.63, 3.8) is 0 Å². The van der Waals surface area contributed by atoms with E-state index in [0.29, 0.717) is 0 Å². The topological polar surface area (TPSA) is 38.3 Å². The van der Waals surface area contributed by atoms with Gasteiger partial charge in [0.2, 0.25) is 5.91 Å². The second-order valence-electron chi connectivity index (χ2n) is 6.78. The standard InChI is InChI=1S/C20H25NO2/c1-14(21-15(2)22)16-6-8-17(9-7-16)18-10-12-19(13-11-18)23-20(3,4)5/h6-14H,1-5H3,(H,21,22). The van der Waals surface area contributed by atoms with Crippen molar-refractivity contribution in [3.05, 3.63) is 54.1 Å². The van der Waals surface area contributed by atoms with E-state index >= 15 is 0 Å². The number of rotatable bonds is 4. The molecule has 0 aliphatic heterocycles. The number of nitrogens with one attached hydrogen (secondary N) is 1. The number of carbonyl (C=O) groups is 1. The molecule has 1 unspecified atom stereocenters. The highest BCUT2D eigenvalue weighted by Gasteiger charge is 2.11. The van der Waals surface area contributed by atoms with Crippen molar-refractivity contribution in [2.24, 2.45) is 0 Å². The number of carbonyl (C=O) groups excluding carboxylic acids is 1. The molecule has 0 radical (unpaired) electrons. The highest BCUT2D eigenvalue weighted by Crippen LogP contribution is 2.25. The summed E-state index contributed by atoms with van der Waals surface area (Å²) >= 11 is 0. The van der Waals surface area contributed by atoms with Crippen LogP contribution in [0.3, 0.4) is 0 Å². The minimum absolute atomic E-state index is 0.0176. The maximum absolute atomic E-state index is 11.1. The first kappa shape index (κ1) is 17.1. The van der Waals surface area contributed by atoms with Gasteiger partial charge >= 0.3 is 0 Å². The Morgan fingerprint density at radius 2 is 1.43 bits per heavy atom. The number of ether oxygens (including phenoxy) is 1. The Labute approximate surface area is 138 Å². The molecule has 0 aromatic heterocycles. The molecule has 23 heavy (non-hydrogen) atoms. The summed E-state index contributed by atoms with van der Waals surface area (Å²) in [7, 11) is 0. The summed E-state index contributed by atoms with van der Waals surface area (Å²) in [5, 5.41) is 2.89. The molecule has 0 aliphatic carbocycles. The molecule has 2 aromatic carbocycles. The molecular weight excluding hydrogens is 286 g/mol. The Balaban J connectivity index is 2.12. The van der Waals surface area contributed by atoms with Crippen LogP contribution in [-0.4, -0.2) is 11.5 Å². The number of benzene rings is 2. The lowest BCUT2D eigenvalue weighted by Crippen LogP contribution is -2.23. The number of amides is 1. The minimum Gasteiger partial charge on any atom is -0.488 e. The van der Waals surface area contributed by atoms with Crippen LogP contribution in [0, 0.1) is 0 Å². The third kappa shape index (κ3) is 5.13. The summed E-state index contributed by atoms with van der Waals surface area (Å²) in [6.45, 7) is 9.63. The van der Waals surface area contributed by atoms with Crippen LogP contribution in [0.25, 0.3) is 11.1 Å². The monoisotopic (exact) mass is 311 g/mol. The van der Waals surface area contributed by atoms with Gasteiger partial charge in [-0.3, -0.25) is 4.79 Å². The predicted octanol–water partition coefficient (Wildman–Crippen LogP) is 4.73. The lowest BCUT2D eigenvalue weighted by atomic mass is 10.0. The summed E-state index contributed by atoms with van der Waals surface area (Å²) in [5.74, 6) is 0.855. The first-order chi connectivity index (χ1) is 10.7. The van der Waals surface area contributed by atoms with Crippen LogP contribution >= 0.6 is 0 Å². The molecule has 0 spiro atoms. The average molecular weight is 311 g/mol. The van der Waals surface area contributed by atoms with E-state index in [1.807, 2.05) is 39.8 Å². The van der Waals surface area contributed by atoms with Crippen molar-refractivity contribution in [1.29, 1.82) is 0 Å². The van der Waals surface area contributed by atoms with Crippen LogP contribution in [0.4, 0.5) is 0 Å². The van der Waals surface area contributed by atoms with E-state index in [1.54, 1.807) is 0 Å². The molecule has 3 heteroatoms. The Bertz CT molecular complexity index is 652. The van der Waals surface area contributed by atoms with Gasteiger partial charge in [0, 0.05) is 6.92 Å². The second kappa shape index (κ2) is 6.86. The maximum Gasteiger partial charge on any atom is 0.217 e. The van der Waals surface area contributed by atoms with E-state index < -0.39 is 0 Å². The second-order valence-corrected chi connectivity index (χ2v) is 6.78. The van der Waals surface area contributed by atoms with Gasteiger partial charge in [0.1, 0.15) is 11.4 Å². The summed E-state index contributed by atoms with van der Waals surface area (Å²) < 4.78 is 5.84. The predicted molar refractivity (Wildman–Crippen MR) is 94.5 cm³/mol. The van der Waals surface area contributed by atoms with E-state index in [0.717, 1.165) is 22.4 Å². The highest BCUT2D eigenvalue weighted by molar-refractivity contribution is 5.73. The van der Waals surface area contributed by atoms with Gasteiger partial charge in [0.05, 0.1) is 6.04 Å². The molecule has 0 aliphatic rings. The third-order valence-electron chi connectivity index (χ3n) is 3.44. The Morgan fingerprint density at radius 1 is 0.957 bits per heavy atom. The molecule has 1 N–H and O–H groups in total. The normalized spacial score (nSPS) is 12.6. The minimum atomic E-state index is -0.191. The van der Waals surface area contributed by atoms with E-state index in [-0.39, 0.29) is 17.6 Å². The average Bonchev–Trinajstić information content (AvgIpc) is 2.46. The highest BCUT2D eigenvalue weighted by atomic mass is 16.5. The molecular formula is C20H25NO2. The van der Waals surface area contributed by atoms with Gasteiger partial charge in [-0.05, 0) is 56.5 Å². The number of hydrogen-bond acceptors (Lipinski definition) is 2. The molecule has 1 amide bonds. The molecule has 0 saturated heterocycles. The zero-order valence-electron chi connectivity index (χ0n) is 14.5. The molecule has 1 atom stereocenters. The van der Waals surface area contributed by atoms with Crippen LogP contribution < -0.4 is 10.1 Å². The van der Waals surface area contributed by atoms with Gasteiger partial charge in [-0.2, -0.15) is 0 Å². The van der Waals surface area contributed by atoms with Crippen molar-refractivity contribution in [1.82, 2.24) is 5.32 Å². The van der Waals surface area contributed by atoms with E-state index in [2.05, 4.69) is 41.7 Å². The van der Waals surface area contributed by atoms with Gasteiger partial charge in [-0.1, -0.05) is 36.4 Å². The zero-order valence-corrected chi connectivity index (χ0v) is 14.5. The largest absolute Gasteiger partial charge is 0.488 e. The SMILES string of the molecule is CC(=O)NC(C)c1ccc(-c2ccc(OC(C)(C)C)cc2)cc1. The van der Waals surface area contributed by atoms with Crippen LogP contribution in [0.2, 0.25) is 0 Å². The zero-order chi connectivity index (χ0) is 17.0. The Hall–Kier alpha value is -2.29. The first-order valence-corrected chi connectivity index (χ1v) is 7.91. The fourth-order valence-electron chi connectivity index (χ4n) is 2.42. The molecule has 0 saturated carbocycles. The smallest absolute Gasteiger partial charge is 0.217 e. The van der Waals surface area contributed by atoms with E-state index in [4.69, 9.17) is 4.74 Å².